The molecule has 1 aromatic heterocycles. The van der Waals surface area contributed by atoms with Gasteiger partial charge in [-0.25, -0.2) is 4.79 Å². The summed E-state index contributed by atoms with van der Waals surface area (Å²) in [7, 11) is 0. The summed E-state index contributed by atoms with van der Waals surface area (Å²) in [6.45, 7) is 3.05. The van der Waals surface area contributed by atoms with Gasteiger partial charge < -0.3 is 9.84 Å². The number of carbonyl (C=O) groups is 2. The molecule has 0 radical (unpaired) electrons. The highest BCUT2D eigenvalue weighted by Gasteiger charge is 2.13. The van der Waals surface area contributed by atoms with Gasteiger partial charge in [0.1, 0.15) is 0 Å². The Balaban J connectivity index is 2.91. The predicted octanol–water partition coefficient (Wildman–Crippen LogP) is 1.13. The molecule has 1 aromatic rings. The Bertz CT molecular complexity index is 417. The van der Waals surface area contributed by atoms with Crippen LogP contribution < -0.4 is 5.11 Å². The lowest BCUT2D eigenvalue weighted by Gasteiger charge is -2.13. The van der Waals surface area contributed by atoms with Gasteiger partial charge in [0.15, 0.2) is 5.78 Å². The van der Waals surface area contributed by atoms with Crippen molar-refractivity contribution >= 4 is 23.1 Å². The number of Topliss-reactive ketones (excluding diaryl/α,β-unsaturated/α-hetero) is 1. The molecule has 0 aromatic carbocycles. The number of thiophene rings is 1. The van der Waals surface area contributed by atoms with Gasteiger partial charge in [-0.3, -0.25) is 4.79 Å². The highest BCUT2D eigenvalue weighted by Crippen LogP contribution is 2.15. The van der Waals surface area contributed by atoms with Gasteiger partial charge in [0.05, 0.1) is 11.5 Å². The summed E-state index contributed by atoms with van der Waals surface area (Å²) < 4.78 is 4.53. The van der Waals surface area contributed by atoms with E-state index < -0.39 is 17.5 Å². The Hall–Kier alpha value is -1.62. The fraction of sp³-hybridized carbons (Fsp3) is 0.273. The summed E-state index contributed by atoms with van der Waals surface area (Å²) in [5.74, 6) is -2.28. The average Bonchev–Trinajstić information content (AvgIpc) is 2.79. The SMILES string of the molecule is CCOC(=O)/C([O-])=C(\C)C(=O)c1cccs1. The molecule has 0 aliphatic heterocycles. The minimum atomic E-state index is -0.982. The molecule has 0 aliphatic rings. The van der Waals surface area contributed by atoms with Crippen LogP contribution in [-0.4, -0.2) is 18.4 Å². The summed E-state index contributed by atoms with van der Waals surface area (Å²) in [6.07, 6.45) is 0. The molecule has 0 aliphatic carbocycles. The Morgan fingerprint density at radius 2 is 2.19 bits per heavy atom. The van der Waals surface area contributed by atoms with Crippen LogP contribution in [0.1, 0.15) is 23.5 Å². The molecule has 0 unspecified atom stereocenters. The lowest BCUT2D eigenvalue weighted by Crippen LogP contribution is -2.22. The summed E-state index contributed by atoms with van der Waals surface area (Å²) in [5.41, 5.74) is -0.110. The maximum absolute atomic E-state index is 11.7. The van der Waals surface area contributed by atoms with E-state index in [1.54, 1.807) is 24.4 Å². The topological polar surface area (TPSA) is 66.4 Å². The number of hydrogen-bond acceptors (Lipinski definition) is 5. The molecule has 16 heavy (non-hydrogen) atoms. The summed E-state index contributed by atoms with van der Waals surface area (Å²) in [5, 5.41) is 13.2. The quantitative estimate of drug-likeness (QED) is 0.342. The number of hydrogen-bond donors (Lipinski definition) is 0. The van der Waals surface area contributed by atoms with Crippen molar-refractivity contribution in [2.45, 2.75) is 13.8 Å². The van der Waals surface area contributed by atoms with Gasteiger partial charge in [0.25, 0.3) is 0 Å². The van der Waals surface area contributed by atoms with Crippen molar-refractivity contribution in [1.29, 1.82) is 0 Å². The van der Waals surface area contributed by atoms with Crippen LogP contribution in [0.3, 0.4) is 0 Å². The van der Waals surface area contributed by atoms with Gasteiger partial charge in [-0.05, 0) is 36.6 Å². The fourth-order valence-electron chi connectivity index (χ4n) is 1.05. The van der Waals surface area contributed by atoms with Crippen molar-refractivity contribution in [3.8, 4) is 0 Å². The first kappa shape index (κ1) is 12.4. The highest BCUT2D eigenvalue weighted by atomic mass is 32.1. The van der Waals surface area contributed by atoms with Crippen molar-refractivity contribution in [3.05, 3.63) is 33.7 Å². The molecule has 5 heteroatoms. The summed E-state index contributed by atoms with van der Waals surface area (Å²) in [6, 6.07) is 3.31. The van der Waals surface area contributed by atoms with Crippen LogP contribution in [0.5, 0.6) is 0 Å². The second-order valence-corrected chi connectivity index (χ2v) is 3.93. The van der Waals surface area contributed by atoms with Crippen LogP contribution in [0.25, 0.3) is 0 Å². The first-order valence-electron chi connectivity index (χ1n) is 4.71. The molecule has 1 heterocycles. The van der Waals surface area contributed by atoms with Crippen molar-refractivity contribution in [2.24, 2.45) is 0 Å². The Kier molecular flexibility index (Phi) is 4.25. The van der Waals surface area contributed by atoms with Gasteiger partial charge >= 0.3 is 5.97 Å². The zero-order valence-electron chi connectivity index (χ0n) is 8.98. The van der Waals surface area contributed by atoms with E-state index in [1.165, 1.54) is 18.3 Å². The molecule has 0 atom stereocenters. The third kappa shape index (κ3) is 2.70. The summed E-state index contributed by atoms with van der Waals surface area (Å²) in [4.78, 5) is 23.3. The van der Waals surface area contributed by atoms with Crippen LogP contribution in [-0.2, 0) is 9.53 Å². The second kappa shape index (κ2) is 5.46. The van der Waals surface area contributed by atoms with Crippen LogP contribution >= 0.6 is 11.3 Å². The Labute approximate surface area is 97.2 Å². The third-order valence-corrected chi connectivity index (χ3v) is 2.76. The van der Waals surface area contributed by atoms with Gasteiger partial charge in [-0.1, -0.05) is 6.07 Å². The lowest BCUT2D eigenvalue weighted by molar-refractivity contribution is -0.304. The van der Waals surface area contributed by atoms with Crippen LogP contribution in [0, 0.1) is 0 Å². The molecule has 0 fully saturated rings. The largest absolute Gasteiger partial charge is 0.867 e. The van der Waals surface area contributed by atoms with E-state index in [0.717, 1.165) is 0 Å². The average molecular weight is 239 g/mol. The number of rotatable bonds is 4. The van der Waals surface area contributed by atoms with E-state index in [-0.39, 0.29) is 12.2 Å². The van der Waals surface area contributed by atoms with E-state index in [0.29, 0.717) is 4.88 Å². The zero-order valence-corrected chi connectivity index (χ0v) is 9.80. The van der Waals surface area contributed by atoms with E-state index in [1.807, 2.05) is 0 Å². The Morgan fingerprint density at radius 1 is 1.50 bits per heavy atom. The molecule has 1 rings (SSSR count). The number of carbonyl (C=O) groups excluding carboxylic acids is 2. The summed E-state index contributed by atoms with van der Waals surface area (Å²) >= 11 is 1.23. The van der Waals surface area contributed by atoms with Crippen molar-refractivity contribution in [1.82, 2.24) is 0 Å². The minimum Gasteiger partial charge on any atom is -0.867 e. The van der Waals surface area contributed by atoms with E-state index in [9.17, 15) is 14.7 Å². The van der Waals surface area contributed by atoms with E-state index in [4.69, 9.17) is 0 Å². The minimum absolute atomic E-state index is 0.110. The monoisotopic (exact) mass is 239 g/mol. The smallest absolute Gasteiger partial charge is 0.323 e. The molecule has 4 nitrogen and oxygen atoms in total. The highest BCUT2D eigenvalue weighted by molar-refractivity contribution is 7.12. The molecular weight excluding hydrogens is 228 g/mol. The first-order valence-corrected chi connectivity index (χ1v) is 5.59. The third-order valence-electron chi connectivity index (χ3n) is 1.89. The maximum atomic E-state index is 11.7. The standard InChI is InChI=1S/C11H12O4S/c1-3-15-11(14)10(13)7(2)9(12)8-5-4-6-16-8/h4-6,13H,3H2,1-2H3/p-1/b10-7-. The molecule has 0 saturated carbocycles. The normalized spacial score (nSPS) is 11.9. The molecular formula is C11H11O4S-. The second-order valence-electron chi connectivity index (χ2n) is 2.98. The molecule has 0 spiro atoms. The number of esters is 1. The fourth-order valence-corrected chi connectivity index (χ4v) is 1.77. The molecule has 86 valence electrons. The zero-order chi connectivity index (χ0) is 12.1. The lowest BCUT2D eigenvalue weighted by atomic mass is 10.1. The van der Waals surface area contributed by atoms with Crippen LogP contribution in [0.4, 0.5) is 0 Å². The maximum Gasteiger partial charge on any atom is 0.323 e. The van der Waals surface area contributed by atoms with Crippen LogP contribution in [0.15, 0.2) is 28.8 Å². The van der Waals surface area contributed by atoms with Gasteiger partial charge in [0.2, 0.25) is 0 Å². The van der Waals surface area contributed by atoms with Crippen molar-refractivity contribution in [3.63, 3.8) is 0 Å². The van der Waals surface area contributed by atoms with E-state index >= 15 is 0 Å². The predicted molar refractivity (Wildman–Crippen MR) is 58.0 cm³/mol. The van der Waals surface area contributed by atoms with Gasteiger partial charge in [0, 0.05) is 0 Å². The number of allylic oxidation sites excluding steroid dienone is 1. The van der Waals surface area contributed by atoms with Gasteiger partial charge in [-0.15, -0.1) is 11.3 Å². The number of ether oxygens (including phenoxy) is 1. The van der Waals surface area contributed by atoms with Crippen molar-refractivity contribution in [2.75, 3.05) is 6.61 Å². The first-order chi connectivity index (χ1) is 7.57. The molecule has 0 bridgehead atoms. The Morgan fingerprint density at radius 3 is 2.69 bits per heavy atom. The molecule has 0 N–H and O–H groups in total. The molecule has 0 amide bonds. The van der Waals surface area contributed by atoms with E-state index in [2.05, 4.69) is 4.74 Å². The van der Waals surface area contributed by atoms with Crippen LogP contribution in [0.2, 0.25) is 0 Å². The van der Waals surface area contributed by atoms with Crippen molar-refractivity contribution < 1.29 is 19.4 Å². The molecule has 0 saturated heterocycles. The number of ketones is 1. The van der Waals surface area contributed by atoms with Gasteiger partial charge in [-0.2, -0.15) is 0 Å².